The highest BCUT2D eigenvalue weighted by Crippen LogP contribution is 2.16. The molecule has 0 saturated carbocycles. The fourth-order valence-electron chi connectivity index (χ4n) is 1.42. The van der Waals surface area contributed by atoms with Crippen LogP contribution in [0.15, 0.2) is 24.3 Å². The summed E-state index contributed by atoms with van der Waals surface area (Å²) in [4.78, 5) is 21.3. The average Bonchev–Trinajstić information content (AvgIpc) is 2.69. The van der Waals surface area contributed by atoms with Gasteiger partial charge in [-0.3, -0.25) is 4.79 Å². The molecule has 82 valence electrons. The number of esters is 1. The van der Waals surface area contributed by atoms with Crippen molar-refractivity contribution in [2.75, 3.05) is 6.61 Å². The van der Waals surface area contributed by atoms with Gasteiger partial charge in [0.1, 0.15) is 0 Å². The molecule has 0 bridgehead atoms. The average molecular weight is 208 g/mol. The van der Waals surface area contributed by atoms with E-state index in [0.717, 1.165) is 19.3 Å². The predicted molar refractivity (Wildman–Crippen MR) is 57.3 cm³/mol. The molecule has 1 rings (SSSR count). The van der Waals surface area contributed by atoms with Crippen molar-refractivity contribution >= 4 is 11.8 Å². The molecule has 0 fully saturated rings. The number of rotatable bonds is 6. The van der Waals surface area contributed by atoms with Crippen molar-refractivity contribution in [2.45, 2.75) is 26.2 Å². The van der Waals surface area contributed by atoms with Crippen molar-refractivity contribution < 1.29 is 14.3 Å². The molecule has 0 aromatic carbocycles. The second-order valence-corrected chi connectivity index (χ2v) is 3.62. The quantitative estimate of drug-likeness (QED) is 0.381. The van der Waals surface area contributed by atoms with Crippen molar-refractivity contribution in [3.05, 3.63) is 24.3 Å². The molecule has 0 aromatic rings. The standard InChI is InChI=1S/C12H16O3/c1-10(13)12(14)15-9-5-4-8-11-6-2-3-7-11/h2-3,6-7,11H,4-5,8-9H2,1H3. The van der Waals surface area contributed by atoms with Crippen molar-refractivity contribution in [1.29, 1.82) is 0 Å². The summed E-state index contributed by atoms with van der Waals surface area (Å²) < 4.78 is 4.74. The lowest BCUT2D eigenvalue weighted by Crippen LogP contribution is -2.14. The summed E-state index contributed by atoms with van der Waals surface area (Å²) in [6.07, 6.45) is 11.3. The minimum atomic E-state index is -0.726. The number of hydrogen-bond acceptors (Lipinski definition) is 3. The molecule has 0 heterocycles. The van der Waals surface area contributed by atoms with Crippen LogP contribution >= 0.6 is 0 Å². The van der Waals surface area contributed by atoms with Gasteiger partial charge >= 0.3 is 5.97 Å². The Morgan fingerprint density at radius 1 is 1.20 bits per heavy atom. The number of hydrogen-bond donors (Lipinski definition) is 0. The van der Waals surface area contributed by atoms with E-state index >= 15 is 0 Å². The molecule has 0 spiro atoms. The maximum atomic E-state index is 10.8. The minimum Gasteiger partial charge on any atom is -0.460 e. The van der Waals surface area contributed by atoms with Crippen LogP contribution in [0.2, 0.25) is 0 Å². The van der Waals surface area contributed by atoms with Crippen LogP contribution in [-0.4, -0.2) is 18.4 Å². The van der Waals surface area contributed by atoms with E-state index in [4.69, 9.17) is 4.74 Å². The second-order valence-electron chi connectivity index (χ2n) is 3.62. The Hall–Kier alpha value is -1.38. The molecule has 0 aromatic heterocycles. The van der Waals surface area contributed by atoms with Crippen LogP contribution in [0.25, 0.3) is 0 Å². The van der Waals surface area contributed by atoms with E-state index in [0.29, 0.717) is 12.5 Å². The number of carbonyl (C=O) groups is 2. The lowest BCUT2D eigenvalue weighted by molar-refractivity contribution is -0.153. The third kappa shape index (κ3) is 4.58. The van der Waals surface area contributed by atoms with E-state index in [1.165, 1.54) is 6.92 Å². The van der Waals surface area contributed by atoms with E-state index in [1.54, 1.807) is 0 Å². The summed E-state index contributed by atoms with van der Waals surface area (Å²) >= 11 is 0. The van der Waals surface area contributed by atoms with Crippen molar-refractivity contribution in [3.8, 4) is 0 Å². The van der Waals surface area contributed by atoms with Gasteiger partial charge in [0.05, 0.1) is 6.61 Å². The SMILES string of the molecule is CC(=O)C(=O)OCCCCC1C=CC=C1. The van der Waals surface area contributed by atoms with E-state index in [-0.39, 0.29) is 0 Å². The van der Waals surface area contributed by atoms with Crippen LogP contribution in [0.3, 0.4) is 0 Å². The zero-order valence-corrected chi connectivity index (χ0v) is 8.94. The molecule has 0 amide bonds. The Bertz CT molecular complexity index is 277. The van der Waals surface area contributed by atoms with Crippen LogP contribution in [0, 0.1) is 5.92 Å². The topological polar surface area (TPSA) is 43.4 Å². The first-order valence-electron chi connectivity index (χ1n) is 5.23. The van der Waals surface area contributed by atoms with Crippen molar-refractivity contribution in [3.63, 3.8) is 0 Å². The molecule has 0 unspecified atom stereocenters. The molecule has 1 aliphatic rings. The normalized spacial score (nSPS) is 14.5. The summed E-state index contributed by atoms with van der Waals surface area (Å²) in [5.74, 6) is -0.721. The van der Waals surface area contributed by atoms with Gasteiger partial charge in [-0.1, -0.05) is 24.3 Å². The molecule has 0 atom stereocenters. The molecular formula is C12H16O3. The molecule has 1 aliphatic carbocycles. The first-order chi connectivity index (χ1) is 7.20. The van der Waals surface area contributed by atoms with Gasteiger partial charge in [-0.25, -0.2) is 4.79 Å². The molecule has 3 heteroatoms. The van der Waals surface area contributed by atoms with Crippen LogP contribution in [0.5, 0.6) is 0 Å². The van der Waals surface area contributed by atoms with Gasteiger partial charge in [0.15, 0.2) is 0 Å². The van der Waals surface area contributed by atoms with Crippen LogP contribution in [-0.2, 0) is 14.3 Å². The molecule has 0 aliphatic heterocycles. The number of Topliss-reactive ketones (excluding diaryl/α,β-unsaturated/α-hetero) is 1. The molecule has 0 radical (unpaired) electrons. The summed E-state index contributed by atoms with van der Waals surface area (Å²) in [5.41, 5.74) is 0. The highest BCUT2D eigenvalue weighted by atomic mass is 16.5. The van der Waals surface area contributed by atoms with Crippen LogP contribution in [0.4, 0.5) is 0 Å². The van der Waals surface area contributed by atoms with E-state index in [1.807, 2.05) is 12.2 Å². The largest absolute Gasteiger partial charge is 0.460 e. The maximum Gasteiger partial charge on any atom is 0.374 e. The zero-order valence-electron chi connectivity index (χ0n) is 8.94. The van der Waals surface area contributed by atoms with Gasteiger partial charge in [0.2, 0.25) is 5.78 Å². The third-order valence-corrected chi connectivity index (χ3v) is 2.28. The number of carbonyl (C=O) groups excluding carboxylic acids is 2. The summed E-state index contributed by atoms with van der Waals surface area (Å²) in [7, 11) is 0. The Morgan fingerprint density at radius 2 is 1.87 bits per heavy atom. The Morgan fingerprint density at radius 3 is 2.47 bits per heavy atom. The Kier molecular flexibility index (Phi) is 4.81. The van der Waals surface area contributed by atoms with Crippen LogP contribution in [0.1, 0.15) is 26.2 Å². The summed E-state index contributed by atoms with van der Waals surface area (Å²) in [5, 5.41) is 0. The monoisotopic (exact) mass is 208 g/mol. The van der Waals surface area contributed by atoms with E-state index in [2.05, 4.69) is 12.2 Å². The lowest BCUT2D eigenvalue weighted by Gasteiger charge is -2.05. The fraction of sp³-hybridized carbons (Fsp3) is 0.500. The smallest absolute Gasteiger partial charge is 0.374 e. The van der Waals surface area contributed by atoms with Crippen molar-refractivity contribution in [1.82, 2.24) is 0 Å². The van der Waals surface area contributed by atoms with Gasteiger partial charge in [0, 0.05) is 6.92 Å². The van der Waals surface area contributed by atoms with Crippen LogP contribution < -0.4 is 0 Å². The Labute approximate surface area is 89.8 Å². The highest BCUT2D eigenvalue weighted by Gasteiger charge is 2.08. The molecular weight excluding hydrogens is 192 g/mol. The zero-order chi connectivity index (χ0) is 11.1. The molecule has 0 saturated heterocycles. The number of allylic oxidation sites excluding steroid dienone is 4. The van der Waals surface area contributed by atoms with E-state index < -0.39 is 11.8 Å². The minimum absolute atomic E-state index is 0.346. The molecule has 0 N–H and O–H groups in total. The lowest BCUT2D eigenvalue weighted by atomic mass is 10.0. The van der Waals surface area contributed by atoms with Gasteiger partial charge in [-0.15, -0.1) is 0 Å². The predicted octanol–water partition coefficient (Wildman–Crippen LogP) is 2.03. The Balaban J connectivity index is 1.97. The summed E-state index contributed by atoms with van der Waals surface area (Å²) in [6.45, 7) is 1.56. The van der Waals surface area contributed by atoms with E-state index in [9.17, 15) is 9.59 Å². The van der Waals surface area contributed by atoms with Crippen molar-refractivity contribution in [2.24, 2.45) is 5.92 Å². The van der Waals surface area contributed by atoms with Gasteiger partial charge in [0.25, 0.3) is 0 Å². The second kappa shape index (κ2) is 6.17. The first kappa shape index (κ1) is 11.7. The third-order valence-electron chi connectivity index (χ3n) is 2.28. The number of unbranched alkanes of at least 4 members (excludes halogenated alkanes) is 1. The number of ether oxygens (including phenoxy) is 1. The van der Waals surface area contributed by atoms with Gasteiger partial charge in [-0.2, -0.15) is 0 Å². The number of ketones is 1. The maximum absolute atomic E-state index is 10.8. The van der Waals surface area contributed by atoms with Gasteiger partial charge < -0.3 is 4.74 Å². The first-order valence-corrected chi connectivity index (χ1v) is 5.23. The van der Waals surface area contributed by atoms with Gasteiger partial charge in [-0.05, 0) is 25.2 Å². The highest BCUT2D eigenvalue weighted by molar-refractivity contribution is 6.32. The molecule has 15 heavy (non-hydrogen) atoms. The fourth-order valence-corrected chi connectivity index (χ4v) is 1.42. The summed E-state index contributed by atoms with van der Waals surface area (Å²) in [6, 6.07) is 0. The molecule has 3 nitrogen and oxygen atoms in total.